The van der Waals surface area contributed by atoms with Gasteiger partial charge in [-0.1, -0.05) is 0 Å². The first-order chi connectivity index (χ1) is 9.38. The molecular formula is C16H34ClO2P. The molecule has 0 heterocycles. The Kier molecular flexibility index (Phi) is 9.34. The molecule has 0 aromatic carbocycles. The Morgan fingerprint density at radius 3 is 1.50 bits per heavy atom. The summed E-state index contributed by atoms with van der Waals surface area (Å²) in [5, 5.41) is 9.72. The molecule has 122 valence electrons. The zero-order valence-electron chi connectivity index (χ0n) is 13.8. The summed E-state index contributed by atoms with van der Waals surface area (Å²) >= 11 is 7.34. The van der Waals surface area contributed by atoms with Crippen molar-refractivity contribution in [3.05, 3.63) is 0 Å². The molecule has 0 aromatic rings. The Bertz CT molecular complexity index is 270. The molecule has 0 spiro atoms. The molecule has 0 amide bonds. The summed E-state index contributed by atoms with van der Waals surface area (Å²) in [6.07, 6.45) is 10.0. The fourth-order valence-corrected chi connectivity index (χ4v) is 11.3. The Morgan fingerprint density at radius 2 is 1.30 bits per heavy atom. The molecule has 0 aromatic heterocycles. The van der Waals surface area contributed by atoms with Crippen LogP contribution in [0.1, 0.15) is 72.6 Å². The van der Waals surface area contributed by atoms with Gasteiger partial charge in [0.15, 0.2) is 0 Å². The van der Waals surface area contributed by atoms with Gasteiger partial charge in [0.1, 0.15) is 0 Å². The van der Waals surface area contributed by atoms with Crippen LogP contribution in [0.5, 0.6) is 0 Å². The van der Waals surface area contributed by atoms with Crippen LogP contribution >= 0.6 is 17.2 Å². The molecule has 4 heteroatoms. The fourth-order valence-electron chi connectivity index (χ4n) is 3.31. The summed E-state index contributed by atoms with van der Waals surface area (Å²) < 4.78 is 0. The first kappa shape index (κ1) is 20.2. The number of hydrogen-bond acceptors (Lipinski definition) is 1. The molecular weight excluding hydrogens is 291 g/mol. The second-order valence-electron chi connectivity index (χ2n) is 6.17. The molecule has 0 aliphatic carbocycles. The summed E-state index contributed by atoms with van der Waals surface area (Å²) in [5.41, 5.74) is -0.313. The zero-order valence-corrected chi connectivity index (χ0v) is 15.5. The van der Waals surface area contributed by atoms with Crippen LogP contribution in [0.15, 0.2) is 0 Å². The number of carbonyl (C=O) groups is 1. The predicted molar refractivity (Wildman–Crippen MR) is 93.8 cm³/mol. The van der Waals surface area contributed by atoms with Crippen molar-refractivity contribution in [3.63, 3.8) is 0 Å². The average molecular weight is 325 g/mol. The van der Waals surface area contributed by atoms with Crippen LogP contribution in [0, 0.1) is 0 Å². The first-order valence-corrected chi connectivity index (χ1v) is 12.1. The minimum atomic E-state index is -2.67. The molecule has 0 rings (SSSR count). The number of carboxylic acids is 1. The van der Waals surface area contributed by atoms with Gasteiger partial charge < -0.3 is 0 Å². The molecule has 0 aliphatic rings. The van der Waals surface area contributed by atoms with Crippen molar-refractivity contribution in [2.24, 2.45) is 0 Å². The third kappa shape index (κ3) is 5.19. The molecule has 0 saturated carbocycles. The van der Waals surface area contributed by atoms with Crippen molar-refractivity contribution < 1.29 is 9.90 Å². The summed E-state index contributed by atoms with van der Waals surface area (Å²) in [6.45, 7) is 8.49. The number of aliphatic carboxylic acids is 1. The van der Waals surface area contributed by atoms with Gasteiger partial charge in [-0.05, 0) is 0 Å². The zero-order chi connectivity index (χ0) is 15.7. The number of carboxylic acid groups (broad SMARTS) is 1. The molecule has 0 aliphatic heterocycles. The van der Waals surface area contributed by atoms with Gasteiger partial charge in [-0.25, -0.2) is 0 Å². The van der Waals surface area contributed by atoms with E-state index in [4.69, 9.17) is 11.2 Å². The van der Waals surface area contributed by atoms with Crippen molar-refractivity contribution in [2.45, 2.75) is 78.3 Å². The Balaban J connectivity index is 5.53. The Hall–Kier alpha value is 0.190. The summed E-state index contributed by atoms with van der Waals surface area (Å²) in [5.74, 6) is -3.33. The molecule has 0 radical (unpaired) electrons. The molecule has 0 fully saturated rings. The second-order valence-corrected chi connectivity index (χ2v) is 14.2. The molecule has 1 unspecified atom stereocenters. The van der Waals surface area contributed by atoms with Crippen molar-refractivity contribution in [1.82, 2.24) is 0 Å². The summed E-state index contributed by atoms with van der Waals surface area (Å²) in [4.78, 5) is 11.8. The summed E-state index contributed by atoms with van der Waals surface area (Å²) in [7, 11) is 0. The van der Waals surface area contributed by atoms with E-state index in [2.05, 4.69) is 20.8 Å². The van der Waals surface area contributed by atoms with Gasteiger partial charge >= 0.3 is 130 Å². The van der Waals surface area contributed by atoms with Gasteiger partial charge in [0, 0.05) is 0 Å². The quantitative estimate of drug-likeness (QED) is 0.450. The van der Waals surface area contributed by atoms with E-state index in [1.807, 2.05) is 6.92 Å². The molecule has 2 nitrogen and oxygen atoms in total. The van der Waals surface area contributed by atoms with Gasteiger partial charge in [0.05, 0.1) is 0 Å². The van der Waals surface area contributed by atoms with Crippen LogP contribution in [-0.4, -0.2) is 35.2 Å². The van der Waals surface area contributed by atoms with Crippen molar-refractivity contribution in [1.29, 1.82) is 0 Å². The van der Waals surface area contributed by atoms with Gasteiger partial charge in [-0.15, -0.1) is 0 Å². The van der Waals surface area contributed by atoms with Crippen molar-refractivity contribution in [2.75, 3.05) is 18.5 Å². The predicted octanol–water partition coefficient (Wildman–Crippen LogP) is 5.96. The van der Waals surface area contributed by atoms with Crippen LogP contribution in [0.25, 0.3) is 0 Å². The number of unbranched alkanes of at least 4 members (excludes halogenated alkanes) is 3. The van der Waals surface area contributed by atoms with Crippen LogP contribution in [-0.2, 0) is 4.79 Å². The van der Waals surface area contributed by atoms with Crippen LogP contribution < -0.4 is 0 Å². The Morgan fingerprint density at radius 1 is 0.950 bits per heavy atom. The molecule has 0 bridgehead atoms. The average Bonchev–Trinajstić information content (AvgIpc) is 2.42. The number of rotatable bonds is 12. The van der Waals surface area contributed by atoms with E-state index < -0.39 is 11.9 Å². The minimum absolute atomic E-state index is 0.313. The number of halogens is 1. The molecule has 20 heavy (non-hydrogen) atoms. The maximum absolute atomic E-state index is 11.8. The third-order valence-electron chi connectivity index (χ3n) is 4.58. The summed E-state index contributed by atoms with van der Waals surface area (Å²) in [6, 6.07) is 0. The van der Waals surface area contributed by atoms with Gasteiger partial charge in [-0.3, -0.25) is 0 Å². The standard InChI is InChI=1S/C16H34ClO2P/c1-5-9-12-20(17,13-10-6-2,14-11-7-3)15(8-4)16(18)19/h15H,5-14H2,1-4H3,(H,18,19). The second kappa shape index (κ2) is 9.26. The van der Waals surface area contributed by atoms with Crippen molar-refractivity contribution >= 4 is 23.2 Å². The van der Waals surface area contributed by atoms with E-state index in [0.717, 1.165) is 57.0 Å². The van der Waals surface area contributed by atoms with Gasteiger partial charge in [0.25, 0.3) is 0 Å². The van der Waals surface area contributed by atoms with E-state index in [1.165, 1.54) is 0 Å². The normalized spacial score (nSPS) is 15.6. The third-order valence-corrected chi connectivity index (χ3v) is 13.1. The van der Waals surface area contributed by atoms with E-state index in [0.29, 0.717) is 6.42 Å². The van der Waals surface area contributed by atoms with Gasteiger partial charge in [0.2, 0.25) is 0 Å². The molecule has 1 N–H and O–H groups in total. The maximum atomic E-state index is 11.8. The van der Waals surface area contributed by atoms with E-state index in [-0.39, 0.29) is 5.66 Å². The monoisotopic (exact) mass is 324 g/mol. The van der Waals surface area contributed by atoms with Crippen molar-refractivity contribution in [3.8, 4) is 0 Å². The SMILES string of the molecule is CCCCP(Cl)(CCCC)(CCCC)C(CC)C(=O)O. The Labute approximate surface area is 130 Å². The first-order valence-electron chi connectivity index (χ1n) is 8.33. The number of hydrogen-bond donors (Lipinski definition) is 1. The van der Waals surface area contributed by atoms with Crippen LogP contribution in [0.4, 0.5) is 0 Å². The molecule has 0 saturated heterocycles. The van der Waals surface area contributed by atoms with E-state index in [1.54, 1.807) is 0 Å². The van der Waals surface area contributed by atoms with Gasteiger partial charge in [-0.2, -0.15) is 0 Å². The fraction of sp³-hybridized carbons (Fsp3) is 0.938. The molecule has 1 atom stereocenters. The van der Waals surface area contributed by atoms with Crippen LogP contribution in [0.2, 0.25) is 0 Å². The van der Waals surface area contributed by atoms with Crippen LogP contribution in [0.3, 0.4) is 0 Å². The van der Waals surface area contributed by atoms with E-state index in [9.17, 15) is 9.90 Å². The van der Waals surface area contributed by atoms with E-state index >= 15 is 0 Å². The topological polar surface area (TPSA) is 37.3 Å².